The third-order valence-electron chi connectivity index (χ3n) is 7.82. The topological polar surface area (TPSA) is 40.5 Å². The van der Waals surface area contributed by atoms with Crippen LogP contribution in [0.1, 0.15) is 63.0 Å². The highest BCUT2D eigenvalue weighted by atomic mass is 35.5. The molecule has 0 radical (unpaired) electrons. The Morgan fingerprint density at radius 1 is 0.951 bits per heavy atom. The van der Waals surface area contributed by atoms with E-state index in [2.05, 4.69) is 4.90 Å². The minimum atomic E-state index is -4.67. The summed E-state index contributed by atoms with van der Waals surface area (Å²) in [6.45, 7) is 2.26. The second kappa shape index (κ2) is 12.7. The molecule has 9 heteroatoms. The van der Waals surface area contributed by atoms with E-state index in [4.69, 9.17) is 0 Å². The summed E-state index contributed by atoms with van der Waals surface area (Å²) in [5, 5.41) is 9.51. The number of aryl methyl sites for hydroxylation is 1. The molecule has 1 heterocycles. The van der Waals surface area contributed by atoms with Crippen molar-refractivity contribution in [2.75, 3.05) is 26.3 Å². The van der Waals surface area contributed by atoms with Crippen LogP contribution in [-0.4, -0.2) is 42.3 Å². The van der Waals surface area contributed by atoms with E-state index in [0.29, 0.717) is 47.5 Å². The SMILES string of the molecule is Cl.O=C(O)c1ccc2c(c1)CCCC(c1cc(F)ccc1C(F)(F)F)=C2c1ccc(CC2CN(CCCF)C2)cc1. The first-order chi connectivity index (χ1) is 19.1. The number of fused-ring (bicyclic) bond motifs is 1. The van der Waals surface area contributed by atoms with E-state index in [1.807, 2.05) is 24.3 Å². The molecule has 0 unspecified atom stereocenters. The van der Waals surface area contributed by atoms with Gasteiger partial charge < -0.3 is 10.0 Å². The number of hydrogen-bond donors (Lipinski definition) is 1. The van der Waals surface area contributed by atoms with Gasteiger partial charge in [0.2, 0.25) is 0 Å². The Hall–Kier alpha value is -3.23. The lowest BCUT2D eigenvalue weighted by Gasteiger charge is -2.39. The number of hydrogen-bond acceptors (Lipinski definition) is 2. The molecule has 0 atom stereocenters. The van der Waals surface area contributed by atoms with Gasteiger partial charge in [-0.15, -0.1) is 12.4 Å². The largest absolute Gasteiger partial charge is 0.478 e. The Bertz CT molecular complexity index is 1430. The average Bonchev–Trinajstić information content (AvgIpc) is 3.08. The van der Waals surface area contributed by atoms with Crippen LogP contribution in [0, 0.1) is 11.7 Å². The van der Waals surface area contributed by atoms with Gasteiger partial charge in [0.1, 0.15) is 5.82 Å². The predicted octanol–water partition coefficient (Wildman–Crippen LogP) is 8.09. The van der Waals surface area contributed by atoms with E-state index >= 15 is 0 Å². The summed E-state index contributed by atoms with van der Waals surface area (Å²) in [7, 11) is 0. The lowest BCUT2D eigenvalue weighted by atomic mass is 9.85. The van der Waals surface area contributed by atoms with Crippen molar-refractivity contribution >= 4 is 29.5 Å². The van der Waals surface area contributed by atoms with Crippen LogP contribution in [0.15, 0.2) is 60.7 Å². The first kappa shape index (κ1) is 30.7. The molecule has 3 aromatic rings. The molecule has 0 spiro atoms. The van der Waals surface area contributed by atoms with Gasteiger partial charge in [-0.05, 0) is 107 Å². The molecule has 0 bridgehead atoms. The fraction of sp³-hybridized carbons (Fsp3) is 0.344. The van der Waals surface area contributed by atoms with Crippen molar-refractivity contribution in [3.63, 3.8) is 0 Å². The number of aromatic carboxylic acids is 1. The Labute approximate surface area is 242 Å². The molecular formula is C32H31ClF5NO2. The van der Waals surface area contributed by atoms with Crippen molar-refractivity contribution in [2.24, 2.45) is 5.92 Å². The maximum absolute atomic E-state index is 14.4. The summed E-state index contributed by atoms with van der Waals surface area (Å²) < 4.78 is 69.1. The van der Waals surface area contributed by atoms with Crippen molar-refractivity contribution in [3.8, 4) is 0 Å². The zero-order valence-corrected chi connectivity index (χ0v) is 23.1. The van der Waals surface area contributed by atoms with E-state index in [1.165, 1.54) is 6.07 Å². The number of alkyl halides is 4. The van der Waals surface area contributed by atoms with Gasteiger partial charge in [-0.1, -0.05) is 30.3 Å². The summed E-state index contributed by atoms with van der Waals surface area (Å²) in [6, 6.07) is 15.0. The molecule has 3 aromatic carbocycles. The van der Waals surface area contributed by atoms with E-state index in [-0.39, 0.29) is 36.6 Å². The number of allylic oxidation sites excluding steroid dienone is 1. The number of carboxylic acids is 1. The third kappa shape index (κ3) is 6.81. The molecule has 1 fully saturated rings. The van der Waals surface area contributed by atoms with Crippen LogP contribution in [0.4, 0.5) is 22.0 Å². The van der Waals surface area contributed by atoms with Gasteiger partial charge >= 0.3 is 12.1 Å². The van der Waals surface area contributed by atoms with Crippen LogP contribution in [0.3, 0.4) is 0 Å². The second-order valence-electron chi connectivity index (χ2n) is 10.6. The summed E-state index contributed by atoms with van der Waals surface area (Å²) in [5.74, 6) is -1.36. The minimum Gasteiger partial charge on any atom is -0.478 e. The summed E-state index contributed by atoms with van der Waals surface area (Å²) >= 11 is 0. The number of rotatable bonds is 8. The van der Waals surface area contributed by atoms with Crippen LogP contribution < -0.4 is 0 Å². The minimum absolute atomic E-state index is 0. The number of halogens is 6. The molecule has 2 aliphatic rings. The molecule has 1 N–H and O–H groups in total. The van der Waals surface area contributed by atoms with E-state index in [1.54, 1.807) is 12.1 Å². The number of nitrogens with zero attached hydrogens (tertiary/aromatic N) is 1. The molecule has 5 rings (SSSR count). The monoisotopic (exact) mass is 591 g/mol. The number of carboxylic acid groups (broad SMARTS) is 1. The Morgan fingerprint density at radius 2 is 1.68 bits per heavy atom. The van der Waals surface area contributed by atoms with Gasteiger partial charge in [0, 0.05) is 19.6 Å². The lowest BCUT2D eigenvalue weighted by Crippen LogP contribution is -2.47. The van der Waals surface area contributed by atoms with Gasteiger partial charge in [0.05, 0.1) is 17.8 Å². The van der Waals surface area contributed by atoms with Crippen molar-refractivity contribution in [1.82, 2.24) is 4.90 Å². The summed E-state index contributed by atoms with van der Waals surface area (Å²) in [4.78, 5) is 13.9. The highest BCUT2D eigenvalue weighted by Gasteiger charge is 2.35. The van der Waals surface area contributed by atoms with E-state index in [9.17, 15) is 31.9 Å². The number of carbonyl (C=O) groups is 1. The molecule has 1 aliphatic carbocycles. The maximum atomic E-state index is 14.4. The first-order valence-electron chi connectivity index (χ1n) is 13.5. The van der Waals surface area contributed by atoms with Gasteiger partial charge in [-0.25, -0.2) is 9.18 Å². The van der Waals surface area contributed by atoms with Crippen molar-refractivity contribution in [2.45, 2.75) is 38.3 Å². The molecule has 0 aromatic heterocycles. The van der Waals surface area contributed by atoms with Crippen molar-refractivity contribution < 1.29 is 31.9 Å². The average molecular weight is 592 g/mol. The molecular weight excluding hydrogens is 561 g/mol. The predicted molar refractivity (Wildman–Crippen MR) is 152 cm³/mol. The molecule has 218 valence electrons. The Balaban J connectivity index is 0.00000387. The third-order valence-corrected chi connectivity index (χ3v) is 7.82. The molecule has 1 aliphatic heterocycles. The van der Waals surface area contributed by atoms with Crippen LogP contribution in [0.25, 0.3) is 11.1 Å². The molecule has 0 saturated carbocycles. The van der Waals surface area contributed by atoms with Crippen LogP contribution in [0.5, 0.6) is 0 Å². The van der Waals surface area contributed by atoms with Gasteiger partial charge in [-0.2, -0.15) is 13.2 Å². The molecule has 0 amide bonds. The normalized spacial score (nSPS) is 16.0. The van der Waals surface area contributed by atoms with Gasteiger partial charge in [0.15, 0.2) is 0 Å². The lowest BCUT2D eigenvalue weighted by molar-refractivity contribution is -0.137. The molecule has 41 heavy (non-hydrogen) atoms. The zero-order valence-electron chi connectivity index (χ0n) is 22.3. The quantitative estimate of drug-likeness (QED) is 0.269. The second-order valence-corrected chi connectivity index (χ2v) is 10.6. The fourth-order valence-corrected chi connectivity index (χ4v) is 5.95. The zero-order chi connectivity index (χ0) is 28.4. The summed E-state index contributed by atoms with van der Waals surface area (Å²) in [6.07, 6.45) is -2.04. The van der Waals surface area contributed by atoms with Crippen molar-refractivity contribution in [3.05, 3.63) is 105 Å². The summed E-state index contributed by atoms with van der Waals surface area (Å²) in [5.41, 5.74) is 3.16. The maximum Gasteiger partial charge on any atom is 0.416 e. The number of benzene rings is 3. The first-order valence-corrected chi connectivity index (χ1v) is 13.5. The number of likely N-dealkylation sites (tertiary alicyclic amines) is 1. The van der Waals surface area contributed by atoms with Crippen LogP contribution >= 0.6 is 12.4 Å². The molecule has 1 saturated heterocycles. The highest BCUT2D eigenvalue weighted by Crippen LogP contribution is 2.44. The Morgan fingerprint density at radius 3 is 2.34 bits per heavy atom. The fourth-order valence-electron chi connectivity index (χ4n) is 5.95. The Kier molecular flexibility index (Phi) is 9.55. The van der Waals surface area contributed by atoms with Crippen LogP contribution in [0.2, 0.25) is 0 Å². The van der Waals surface area contributed by atoms with Crippen molar-refractivity contribution in [1.29, 1.82) is 0 Å². The van der Waals surface area contributed by atoms with E-state index < -0.39 is 23.5 Å². The van der Waals surface area contributed by atoms with Crippen LogP contribution in [-0.2, 0) is 19.0 Å². The van der Waals surface area contributed by atoms with Gasteiger partial charge in [0.25, 0.3) is 0 Å². The van der Waals surface area contributed by atoms with Gasteiger partial charge in [-0.3, -0.25) is 4.39 Å². The highest BCUT2D eigenvalue weighted by molar-refractivity contribution is 6.01. The molecule has 3 nitrogen and oxygen atoms in total. The van der Waals surface area contributed by atoms with E-state index in [0.717, 1.165) is 55.4 Å². The standard InChI is InChI=1S/C32H30F5NO2.ClH/c33-13-2-14-38-18-21(19-38)15-20-5-7-22(8-6-20)30-26-11-9-24(31(39)40)16-23(26)3-1-4-27(30)28-17-25(34)10-12-29(28)32(35,36)37;/h5-12,16-17,21H,1-4,13-15,18-19H2,(H,39,40);1H. The smallest absolute Gasteiger partial charge is 0.416 e.